The van der Waals surface area contributed by atoms with Crippen molar-refractivity contribution >= 4 is 11.8 Å². The summed E-state index contributed by atoms with van der Waals surface area (Å²) < 4.78 is 2.30. The highest BCUT2D eigenvalue weighted by Gasteiger charge is 2.18. The largest absolute Gasteiger partial charge is 1.00 e. The first-order valence-electron chi connectivity index (χ1n) is 7.80. The molecule has 0 aliphatic heterocycles. The fourth-order valence-corrected chi connectivity index (χ4v) is 2.58. The second-order valence-electron chi connectivity index (χ2n) is 4.98. The predicted molar refractivity (Wildman–Crippen MR) is 89.5 cm³/mol. The molecule has 1 heterocycles. The molecule has 2 nitrogen and oxygen atoms in total. The number of hydrogen-bond acceptors (Lipinski definition) is 1. The molecule has 3 heteroatoms. The van der Waals surface area contributed by atoms with Crippen LogP contribution in [-0.4, -0.2) is 18.0 Å². The molecule has 0 aliphatic rings. The molecule has 0 fully saturated rings. The lowest BCUT2D eigenvalue weighted by Crippen LogP contribution is -3.00. The van der Waals surface area contributed by atoms with E-state index in [-0.39, 0.29) is 24.0 Å². The number of rotatable bonds is 6. The third-order valence-electron chi connectivity index (χ3n) is 3.75. The summed E-state index contributed by atoms with van der Waals surface area (Å²) in [4.78, 5) is 2.41. The molecule has 2 rings (SSSR count). The molecule has 0 bridgehead atoms. The monoisotopic (exact) mass is 408 g/mol. The van der Waals surface area contributed by atoms with Crippen molar-refractivity contribution in [2.24, 2.45) is 0 Å². The SMILES string of the molecule is CCN(CC)C(=Cc1ccccc1)c1cccc[n+]1CC.[I-]. The standard InChI is InChI=1S/C19H25N2.HI/c1-4-20(5-2)19(16-17-12-8-7-9-13-17)18-14-10-11-15-21(18)6-3;/h7-16H,4-6H2,1-3H3;1H/q+1;/p-1. The first-order valence-corrected chi connectivity index (χ1v) is 7.80. The van der Waals surface area contributed by atoms with Crippen LogP contribution in [0.2, 0.25) is 0 Å². The lowest BCUT2D eigenvalue weighted by molar-refractivity contribution is -0.696. The van der Waals surface area contributed by atoms with Gasteiger partial charge in [-0.2, -0.15) is 4.57 Å². The van der Waals surface area contributed by atoms with Gasteiger partial charge in [0.05, 0.1) is 0 Å². The average molecular weight is 408 g/mol. The Morgan fingerprint density at radius 2 is 1.59 bits per heavy atom. The van der Waals surface area contributed by atoms with E-state index in [0.717, 1.165) is 19.6 Å². The summed E-state index contributed by atoms with van der Waals surface area (Å²) in [5, 5.41) is 0. The average Bonchev–Trinajstić information content (AvgIpc) is 2.56. The van der Waals surface area contributed by atoms with Crippen molar-refractivity contribution in [3.8, 4) is 0 Å². The van der Waals surface area contributed by atoms with Crippen molar-refractivity contribution in [3.05, 3.63) is 66.0 Å². The van der Waals surface area contributed by atoms with Crippen LogP contribution in [0, 0.1) is 0 Å². The van der Waals surface area contributed by atoms with Crippen LogP contribution >= 0.6 is 0 Å². The van der Waals surface area contributed by atoms with Crippen LogP contribution in [0.3, 0.4) is 0 Å². The van der Waals surface area contributed by atoms with Gasteiger partial charge in [-0.05, 0) is 38.5 Å². The zero-order valence-electron chi connectivity index (χ0n) is 13.7. The van der Waals surface area contributed by atoms with Crippen molar-refractivity contribution in [3.63, 3.8) is 0 Å². The highest BCUT2D eigenvalue weighted by Crippen LogP contribution is 2.19. The van der Waals surface area contributed by atoms with Gasteiger partial charge < -0.3 is 28.9 Å². The Morgan fingerprint density at radius 1 is 0.955 bits per heavy atom. The van der Waals surface area contributed by atoms with E-state index >= 15 is 0 Å². The second kappa shape index (κ2) is 9.62. The van der Waals surface area contributed by atoms with E-state index in [2.05, 4.69) is 91.0 Å². The highest BCUT2D eigenvalue weighted by molar-refractivity contribution is 5.77. The van der Waals surface area contributed by atoms with E-state index in [1.54, 1.807) is 0 Å². The topological polar surface area (TPSA) is 7.12 Å². The molecule has 1 aromatic heterocycles. The molecule has 0 saturated carbocycles. The fourth-order valence-electron chi connectivity index (χ4n) is 2.58. The second-order valence-corrected chi connectivity index (χ2v) is 4.98. The summed E-state index contributed by atoms with van der Waals surface area (Å²) >= 11 is 0. The van der Waals surface area contributed by atoms with Crippen molar-refractivity contribution < 1.29 is 28.5 Å². The van der Waals surface area contributed by atoms with Crippen LogP contribution in [0.5, 0.6) is 0 Å². The molecule has 0 atom stereocenters. The quantitative estimate of drug-likeness (QED) is 0.508. The molecule has 118 valence electrons. The van der Waals surface area contributed by atoms with Gasteiger partial charge in [-0.15, -0.1) is 0 Å². The predicted octanol–water partition coefficient (Wildman–Crippen LogP) is 0.838. The first kappa shape index (κ1) is 18.7. The van der Waals surface area contributed by atoms with Gasteiger partial charge in [0.25, 0.3) is 0 Å². The number of aryl methyl sites for hydroxylation is 1. The first-order chi connectivity index (χ1) is 10.3. The zero-order chi connectivity index (χ0) is 15.1. The number of halogens is 1. The molecular weight excluding hydrogens is 383 g/mol. The van der Waals surface area contributed by atoms with Crippen molar-refractivity contribution in [2.75, 3.05) is 13.1 Å². The van der Waals surface area contributed by atoms with Gasteiger partial charge >= 0.3 is 0 Å². The number of nitrogens with zero attached hydrogens (tertiary/aromatic N) is 2. The number of benzene rings is 1. The summed E-state index contributed by atoms with van der Waals surface area (Å²) in [6, 6.07) is 17.0. The van der Waals surface area contributed by atoms with E-state index < -0.39 is 0 Å². The van der Waals surface area contributed by atoms with Crippen LogP contribution in [0.1, 0.15) is 32.0 Å². The lowest BCUT2D eigenvalue weighted by Gasteiger charge is -2.23. The molecule has 0 unspecified atom stereocenters. The van der Waals surface area contributed by atoms with E-state index in [9.17, 15) is 0 Å². The molecule has 1 aromatic carbocycles. The van der Waals surface area contributed by atoms with Gasteiger partial charge in [-0.1, -0.05) is 30.3 Å². The summed E-state index contributed by atoms with van der Waals surface area (Å²) in [5.74, 6) is 0. The molecular formula is C19H25IN2. The minimum Gasteiger partial charge on any atom is -1.00 e. The maximum absolute atomic E-state index is 2.41. The number of pyridine rings is 1. The third kappa shape index (κ3) is 4.57. The van der Waals surface area contributed by atoms with E-state index in [1.165, 1.54) is 17.0 Å². The van der Waals surface area contributed by atoms with Crippen molar-refractivity contribution in [1.82, 2.24) is 4.90 Å². The van der Waals surface area contributed by atoms with Gasteiger partial charge in [0.15, 0.2) is 6.20 Å². The molecule has 0 aliphatic carbocycles. The van der Waals surface area contributed by atoms with Crippen molar-refractivity contribution in [1.29, 1.82) is 0 Å². The molecule has 0 radical (unpaired) electrons. The molecule has 0 spiro atoms. The van der Waals surface area contributed by atoms with Crippen molar-refractivity contribution in [2.45, 2.75) is 27.3 Å². The number of aromatic nitrogens is 1. The maximum Gasteiger partial charge on any atom is 0.228 e. The smallest absolute Gasteiger partial charge is 0.228 e. The van der Waals surface area contributed by atoms with Crippen LogP contribution in [0.4, 0.5) is 0 Å². The Labute approximate surface area is 151 Å². The van der Waals surface area contributed by atoms with Gasteiger partial charge in [0, 0.05) is 25.2 Å². The maximum atomic E-state index is 2.41. The summed E-state index contributed by atoms with van der Waals surface area (Å²) in [6.45, 7) is 9.60. The molecule has 0 saturated heterocycles. The normalized spacial score (nSPS) is 11.0. The summed E-state index contributed by atoms with van der Waals surface area (Å²) in [6.07, 6.45) is 4.44. The molecule has 22 heavy (non-hydrogen) atoms. The van der Waals surface area contributed by atoms with Gasteiger partial charge in [0.2, 0.25) is 5.69 Å². The van der Waals surface area contributed by atoms with Gasteiger partial charge in [0.1, 0.15) is 12.2 Å². The summed E-state index contributed by atoms with van der Waals surface area (Å²) in [7, 11) is 0. The van der Waals surface area contributed by atoms with Crippen LogP contribution in [0.25, 0.3) is 11.8 Å². The van der Waals surface area contributed by atoms with E-state index in [0.29, 0.717) is 0 Å². The van der Waals surface area contributed by atoms with Crippen LogP contribution in [-0.2, 0) is 6.54 Å². The Hall–Kier alpha value is -1.36. The Morgan fingerprint density at radius 3 is 2.18 bits per heavy atom. The number of hydrogen-bond donors (Lipinski definition) is 0. The molecule has 0 N–H and O–H groups in total. The van der Waals surface area contributed by atoms with Crippen LogP contribution < -0.4 is 28.5 Å². The third-order valence-corrected chi connectivity index (χ3v) is 3.75. The highest BCUT2D eigenvalue weighted by atomic mass is 127. The fraction of sp³-hybridized carbons (Fsp3) is 0.316. The van der Waals surface area contributed by atoms with Gasteiger partial charge in [-0.3, -0.25) is 0 Å². The Balaban J connectivity index is 0.00000242. The molecule has 0 amide bonds. The van der Waals surface area contributed by atoms with Gasteiger partial charge in [-0.25, -0.2) is 0 Å². The minimum atomic E-state index is 0. The van der Waals surface area contributed by atoms with E-state index in [1.807, 2.05) is 0 Å². The Kier molecular flexibility index (Phi) is 8.17. The van der Waals surface area contributed by atoms with Crippen LogP contribution in [0.15, 0.2) is 54.7 Å². The minimum absolute atomic E-state index is 0. The zero-order valence-corrected chi connectivity index (χ0v) is 15.8. The Bertz CT molecular complexity index is 589. The summed E-state index contributed by atoms with van der Waals surface area (Å²) in [5.41, 5.74) is 3.80. The molecule has 2 aromatic rings. The van der Waals surface area contributed by atoms with E-state index in [4.69, 9.17) is 0 Å². The lowest BCUT2D eigenvalue weighted by atomic mass is 10.1.